The van der Waals surface area contributed by atoms with E-state index in [9.17, 15) is 9.59 Å². The second-order valence-electron chi connectivity index (χ2n) is 8.10. The lowest BCUT2D eigenvalue weighted by Crippen LogP contribution is -2.15. The minimum Gasteiger partial charge on any atom is -0.494 e. The van der Waals surface area contributed by atoms with Crippen LogP contribution < -0.4 is 4.74 Å². The monoisotopic (exact) mass is 445 g/mol. The zero-order valence-electron chi connectivity index (χ0n) is 19.5. The lowest BCUT2D eigenvalue weighted by atomic mass is 10.1. The van der Waals surface area contributed by atoms with Gasteiger partial charge in [0.05, 0.1) is 6.61 Å². The average Bonchev–Trinajstić information content (AvgIpc) is 3.28. The highest BCUT2D eigenvalue weighted by Gasteiger charge is 2.22. The number of fused-ring (bicyclic) bond motifs is 1. The van der Waals surface area contributed by atoms with Crippen molar-refractivity contribution in [3.8, 4) is 11.4 Å². The van der Waals surface area contributed by atoms with Gasteiger partial charge in [-0.1, -0.05) is 17.7 Å². The second kappa shape index (κ2) is 8.98. The lowest BCUT2D eigenvalue weighted by molar-refractivity contribution is 0.0445. The number of benzene rings is 2. The van der Waals surface area contributed by atoms with Gasteiger partial charge in [-0.3, -0.25) is 4.79 Å². The van der Waals surface area contributed by atoms with E-state index in [1.807, 2.05) is 68.7 Å². The summed E-state index contributed by atoms with van der Waals surface area (Å²) in [5.74, 6) is -0.130. The molecule has 4 aromatic rings. The van der Waals surface area contributed by atoms with Gasteiger partial charge in [0.2, 0.25) is 11.5 Å². The van der Waals surface area contributed by atoms with Crippen LogP contribution in [0.4, 0.5) is 0 Å². The fourth-order valence-corrected chi connectivity index (χ4v) is 4.06. The Morgan fingerprint density at radius 2 is 1.70 bits per heavy atom. The summed E-state index contributed by atoms with van der Waals surface area (Å²) < 4.78 is 18.6. The zero-order chi connectivity index (χ0) is 23.7. The molecule has 0 aliphatic carbocycles. The number of aryl methyl sites for hydroxylation is 3. The molecule has 6 nitrogen and oxygen atoms in total. The van der Waals surface area contributed by atoms with Crippen molar-refractivity contribution in [3.05, 3.63) is 82.4 Å². The van der Waals surface area contributed by atoms with Gasteiger partial charge in [0.1, 0.15) is 11.3 Å². The second-order valence-corrected chi connectivity index (χ2v) is 8.10. The maximum Gasteiger partial charge on any atom is 0.375 e. The Morgan fingerprint density at radius 3 is 2.39 bits per heavy atom. The van der Waals surface area contributed by atoms with E-state index in [0.717, 1.165) is 22.5 Å². The summed E-state index contributed by atoms with van der Waals surface area (Å²) in [7, 11) is 0. The predicted octanol–water partition coefficient (Wildman–Crippen LogP) is 5.90. The molecule has 0 saturated carbocycles. The molecule has 0 aliphatic rings. The summed E-state index contributed by atoms with van der Waals surface area (Å²) in [5, 5.41) is 0.779. The molecule has 0 saturated heterocycles. The van der Waals surface area contributed by atoms with E-state index >= 15 is 0 Å². The molecule has 0 fully saturated rings. The van der Waals surface area contributed by atoms with Crippen LogP contribution >= 0.6 is 0 Å². The first-order valence-corrected chi connectivity index (χ1v) is 10.9. The average molecular weight is 446 g/mol. The Hall–Kier alpha value is -3.80. The molecule has 6 heteroatoms. The van der Waals surface area contributed by atoms with Gasteiger partial charge < -0.3 is 18.5 Å². The number of hydrogen-bond donors (Lipinski definition) is 0. The van der Waals surface area contributed by atoms with Gasteiger partial charge in [0, 0.05) is 33.6 Å². The highest BCUT2D eigenvalue weighted by Crippen LogP contribution is 2.29. The number of aromatic nitrogens is 1. The van der Waals surface area contributed by atoms with Crippen molar-refractivity contribution >= 4 is 22.7 Å². The molecular weight excluding hydrogens is 418 g/mol. The normalized spacial score (nSPS) is 11.1. The van der Waals surface area contributed by atoms with Crippen molar-refractivity contribution in [2.24, 2.45) is 0 Å². The van der Waals surface area contributed by atoms with Crippen LogP contribution in [0.3, 0.4) is 0 Å². The number of furan rings is 1. The molecule has 33 heavy (non-hydrogen) atoms. The molecule has 0 atom stereocenters. The van der Waals surface area contributed by atoms with E-state index in [2.05, 4.69) is 0 Å². The van der Waals surface area contributed by atoms with Crippen LogP contribution in [-0.4, -0.2) is 29.5 Å². The summed E-state index contributed by atoms with van der Waals surface area (Å²) in [5.41, 5.74) is 5.64. The van der Waals surface area contributed by atoms with Crippen LogP contribution in [0.2, 0.25) is 0 Å². The smallest absolute Gasteiger partial charge is 0.375 e. The fourth-order valence-electron chi connectivity index (χ4n) is 4.06. The number of ketones is 1. The van der Waals surface area contributed by atoms with Gasteiger partial charge in [0.25, 0.3) is 0 Å². The predicted molar refractivity (Wildman–Crippen MR) is 127 cm³/mol. The van der Waals surface area contributed by atoms with Gasteiger partial charge in [-0.25, -0.2) is 4.79 Å². The minimum atomic E-state index is -0.664. The van der Waals surface area contributed by atoms with Crippen LogP contribution in [0.25, 0.3) is 16.7 Å². The van der Waals surface area contributed by atoms with Gasteiger partial charge >= 0.3 is 5.97 Å². The van der Waals surface area contributed by atoms with Crippen LogP contribution in [-0.2, 0) is 4.74 Å². The number of hydrogen-bond acceptors (Lipinski definition) is 5. The topological polar surface area (TPSA) is 70.7 Å². The molecule has 0 radical (unpaired) electrons. The van der Waals surface area contributed by atoms with E-state index in [0.29, 0.717) is 29.1 Å². The minimum absolute atomic E-state index is 0.0941. The highest BCUT2D eigenvalue weighted by molar-refractivity contribution is 6.01. The number of Topliss-reactive ketones (excluding diaryl/α,β-unsaturated/α-hetero) is 1. The van der Waals surface area contributed by atoms with E-state index in [-0.39, 0.29) is 18.2 Å². The molecule has 0 amide bonds. The van der Waals surface area contributed by atoms with Gasteiger partial charge in [-0.15, -0.1) is 0 Å². The molecule has 2 aromatic heterocycles. The maximum atomic E-state index is 12.9. The third-order valence-electron chi connectivity index (χ3n) is 5.76. The number of rotatable bonds is 7. The summed E-state index contributed by atoms with van der Waals surface area (Å²) in [6.45, 7) is 9.75. The SMILES string of the molecule is CCOc1ccc2oc(C(=O)OCC(=O)c3cc(C)n(-c4ccc(C)cc4)c3C)c(C)c2c1. The molecular formula is C27H27NO5. The first-order chi connectivity index (χ1) is 15.8. The molecule has 0 aliphatic heterocycles. The molecule has 0 N–H and O–H groups in total. The van der Waals surface area contributed by atoms with Crippen LogP contribution in [0.1, 0.15) is 50.4 Å². The van der Waals surface area contributed by atoms with Crippen molar-refractivity contribution in [3.63, 3.8) is 0 Å². The number of nitrogens with zero attached hydrogens (tertiary/aromatic N) is 1. The van der Waals surface area contributed by atoms with Gasteiger partial charge in [-0.2, -0.15) is 0 Å². The van der Waals surface area contributed by atoms with Crippen LogP contribution in [0.5, 0.6) is 5.75 Å². The Bertz CT molecular complexity index is 1340. The maximum absolute atomic E-state index is 12.9. The number of ether oxygens (including phenoxy) is 2. The Labute approximate surface area is 192 Å². The highest BCUT2D eigenvalue weighted by atomic mass is 16.5. The van der Waals surface area contributed by atoms with Crippen LogP contribution in [0, 0.1) is 27.7 Å². The number of carbonyl (C=O) groups is 2. The first-order valence-electron chi connectivity index (χ1n) is 10.9. The number of esters is 1. The number of carbonyl (C=O) groups excluding carboxylic acids is 2. The van der Waals surface area contributed by atoms with E-state index in [1.54, 1.807) is 19.1 Å². The van der Waals surface area contributed by atoms with Crippen molar-refractivity contribution in [2.75, 3.05) is 13.2 Å². The van der Waals surface area contributed by atoms with Crippen molar-refractivity contribution < 1.29 is 23.5 Å². The molecule has 2 heterocycles. The fraction of sp³-hybridized carbons (Fsp3) is 0.259. The molecule has 0 spiro atoms. The van der Waals surface area contributed by atoms with Gasteiger partial charge in [-0.05, 0) is 71.0 Å². The molecule has 4 rings (SSSR count). The zero-order valence-corrected chi connectivity index (χ0v) is 19.5. The quantitative estimate of drug-likeness (QED) is 0.262. The Balaban J connectivity index is 1.51. The molecule has 0 bridgehead atoms. The van der Waals surface area contributed by atoms with E-state index < -0.39 is 5.97 Å². The van der Waals surface area contributed by atoms with Crippen LogP contribution in [0.15, 0.2) is 52.9 Å². The Morgan fingerprint density at radius 1 is 0.970 bits per heavy atom. The van der Waals surface area contributed by atoms with Crippen molar-refractivity contribution in [1.82, 2.24) is 4.57 Å². The van der Waals surface area contributed by atoms with Gasteiger partial charge in [0.15, 0.2) is 6.61 Å². The summed E-state index contributed by atoms with van der Waals surface area (Å²) in [6.07, 6.45) is 0. The third-order valence-corrected chi connectivity index (χ3v) is 5.76. The summed E-state index contributed by atoms with van der Waals surface area (Å²) in [6, 6.07) is 15.3. The Kier molecular flexibility index (Phi) is 6.09. The van der Waals surface area contributed by atoms with E-state index in [1.165, 1.54) is 5.56 Å². The third kappa shape index (κ3) is 4.29. The first kappa shape index (κ1) is 22.4. The summed E-state index contributed by atoms with van der Waals surface area (Å²) in [4.78, 5) is 25.6. The van der Waals surface area contributed by atoms with Crippen molar-refractivity contribution in [2.45, 2.75) is 34.6 Å². The lowest BCUT2D eigenvalue weighted by Gasteiger charge is -2.10. The molecule has 170 valence electrons. The largest absolute Gasteiger partial charge is 0.494 e. The summed E-state index contributed by atoms with van der Waals surface area (Å²) >= 11 is 0. The van der Waals surface area contributed by atoms with Crippen molar-refractivity contribution in [1.29, 1.82) is 0 Å². The van der Waals surface area contributed by atoms with E-state index in [4.69, 9.17) is 13.9 Å². The standard InChI is InChI=1S/C27H27NO5/c1-6-31-21-11-12-25-22(14-21)18(4)26(33-25)27(30)32-15-24(29)23-13-17(3)28(19(23)5)20-9-7-16(2)8-10-20/h7-14H,6,15H2,1-5H3. The molecule has 2 aromatic carbocycles. The molecule has 0 unspecified atom stereocenters.